The lowest BCUT2D eigenvalue weighted by Crippen LogP contribution is -2.49. The minimum atomic E-state index is 0.439. The lowest BCUT2D eigenvalue weighted by atomic mass is 9.67. The monoisotopic (exact) mass is 254 g/mol. The molecule has 18 heavy (non-hydrogen) atoms. The van der Waals surface area contributed by atoms with Gasteiger partial charge in [0.15, 0.2) is 0 Å². The highest BCUT2D eigenvalue weighted by atomic mass is 15.2. The molecule has 0 aromatic rings. The van der Waals surface area contributed by atoms with Gasteiger partial charge in [0, 0.05) is 12.1 Å². The number of nitrogens with two attached hydrogens (primary N) is 1. The Bertz CT molecular complexity index is 244. The van der Waals surface area contributed by atoms with Gasteiger partial charge in [-0.3, -0.25) is 0 Å². The topological polar surface area (TPSA) is 29.3 Å². The summed E-state index contributed by atoms with van der Waals surface area (Å²) in [6.07, 6.45) is 5.22. The molecule has 1 fully saturated rings. The van der Waals surface area contributed by atoms with Crippen LogP contribution in [0.1, 0.15) is 60.3 Å². The van der Waals surface area contributed by atoms with Gasteiger partial charge in [-0.25, -0.2) is 0 Å². The Morgan fingerprint density at radius 2 is 1.89 bits per heavy atom. The van der Waals surface area contributed by atoms with Gasteiger partial charge >= 0.3 is 0 Å². The van der Waals surface area contributed by atoms with Crippen molar-refractivity contribution in [2.45, 2.75) is 72.4 Å². The maximum atomic E-state index is 6.00. The van der Waals surface area contributed by atoms with E-state index in [2.05, 4.69) is 46.6 Å². The van der Waals surface area contributed by atoms with E-state index in [1.54, 1.807) is 0 Å². The van der Waals surface area contributed by atoms with Crippen molar-refractivity contribution < 1.29 is 0 Å². The fourth-order valence-electron chi connectivity index (χ4n) is 3.38. The van der Waals surface area contributed by atoms with Crippen LogP contribution in [-0.4, -0.2) is 30.6 Å². The van der Waals surface area contributed by atoms with Crippen LogP contribution in [0.2, 0.25) is 0 Å². The van der Waals surface area contributed by atoms with Crippen LogP contribution in [0, 0.1) is 17.3 Å². The molecule has 0 aromatic carbocycles. The second-order valence-corrected chi connectivity index (χ2v) is 7.36. The first-order chi connectivity index (χ1) is 8.31. The van der Waals surface area contributed by atoms with Crippen LogP contribution in [0.5, 0.6) is 0 Å². The molecule has 0 saturated heterocycles. The predicted octanol–water partition coefficient (Wildman–Crippen LogP) is 3.51. The number of rotatable bonds is 4. The molecule has 0 aliphatic heterocycles. The van der Waals surface area contributed by atoms with Crippen LogP contribution >= 0.6 is 0 Å². The summed E-state index contributed by atoms with van der Waals surface area (Å²) in [7, 11) is 2.30. The van der Waals surface area contributed by atoms with Crippen LogP contribution in [-0.2, 0) is 0 Å². The molecule has 2 nitrogen and oxygen atoms in total. The van der Waals surface area contributed by atoms with Gasteiger partial charge in [0.2, 0.25) is 0 Å². The molecular weight excluding hydrogens is 220 g/mol. The van der Waals surface area contributed by atoms with Crippen molar-refractivity contribution in [3.8, 4) is 0 Å². The molecule has 0 amide bonds. The Hall–Kier alpha value is -0.0800. The predicted molar refractivity (Wildman–Crippen MR) is 80.6 cm³/mol. The van der Waals surface area contributed by atoms with Crippen molar-refractivity contribution in [1.29, 1.82) is 0 Å². The van der Waals surface area contributed by atoms with E-state index in [1.807, 2.05) is 0 Å². The summed E-state index contributed by atoms with van der Waals surface area (Å²) < 4.78 is 0. The van der Waals surface area contributed by atoms with Crippen molar-refractivity contribution in [2.75, 3.05) is 13.6 Å². The van der Waals surface area contributed by atoms with Crippen LogP contribution in [0.4, 0.5) is 0 Å². The van der Waals surface area contributed by atoms with Gasteiger partial charge in [0.1, 0.15) is 0 Å². The van der Waals surface area contributed by atoms with E-state index in [0.717, 1.165) is 12.5 Å². The third-order valence-corrected chi connectivity index (χ3v) is 5.29. The molecule has 1 aliphatic rings. The van der Waals surface area contributed by atoms with E-state index in [4.69, 9.17) is 5.73 Å². The zero-order valence-electron chi connectivity index (χ0n) is 13.4. The van der Waals surface area contributed by atoms with Crippen LogP contribution < -0.4 is 5.73 Å². The third-order valence-electron chi connectivity index (χ3n) is 5.29. The molecule has 4 unspecified atom stereocenters. The van der Waals surface area contributed by atoms with E-state index in [0.29, 0.717) is 23.4 Å². The summed E-state index contributed by atoms with van der Waals surface area (Å²) in [6.45, 7) is 12.6. The Morgan fingerprint density at radius 3 is 2.33 bits per heavy atom. The Kier molecular flexibility index (Phi) is 5.67. The van der Waals surface area contributed by atoms with Crippen LogP contribution in [0.25, 0.3) is 0 Å². The van der Waals surface area contributed by atoms with Crippen molar-refractivity contribution in [3.05, 3.63) is 0 Å². The quantitative estimate of drug-likeness (QED) is 0.832. The number of hydrogen-bond donors (Lipinski definition) is 1. The molecule has 0 radical (unpaired) electrons. The molecule has 0 spiro atoms. The fraction of sp³-hybridized carbons (Fsp3) is 1.00. The fourth-order valence-corrected chi connectivity index (χ4v) is 3.38. The molecule has 1 saturated carbocycles. The van der Waals surface area contributed by atoms with E-state index >= 15 is 0 Å². The average Bonchev–Trinajstić information content (AvgIpc) is 2.35. The third kappa shape index (κ3) is 3.71. The van der Waals surface area contributed by atoms with Gasteiger partial charge < -0.3 is 10.6 Å². The van der Waals surface area contributed by atoms with Gasteiger partial charge in [-0.1, -0.05) is 27.7 Å². The summed E-state index contributed by atoms with van der Waals surface area (Å²) in [5, 5.41) is 0. The van der Waals surface area contributed by atoms with Gasteiger partial charge in [-0.2, -0.15) is 0 Å². The molecule has 1 aliphatic carbocycles. The Labute approximate surface area is 114 Å². The van der Waals surface area contributed by atoms with E-state index in [1.165, 1.54) is 25.7 Å². The molecule has 2 N–H and O–H groups in total. The number of hydrogen-bond acceptors (Lipinski definition) is 2. The normalized spacial score (nSPS) is 31.7. The summed E-state index contributed by atoms with van der Waals surface area (Å²) >= 11 is 0. The molecule has 108 valence electrons. The van der Waals surface area contributed by atoms with Crippen LogP contribution in [0.3, 0.4) is 0 Å². The van der Waals surface area contributed by atoms with Gasteiger partial charge in [-0.05, 0) is 63.5 Å². The molecule has 0 aromatic heterocycles. The zero-order valence-corrected chi connectivity index (χ0v) is 13.4. The largest absolute Gasteiger partial charge is 0.330 e. The first-order valence-corrected chi connectivity index (χ1v) is 7.73. The van der Waals surface area contributed by atoms with Crippen molar-refractivity contribution in [3.63, 3.8) is 0 Å². The second kappa shape index (κ2) is 6.38. The van der Waals surface area contributed by atoms with Crippen molar-refractivity contribution in [2.24, 2.45) is 23.0 Å². The Balaban J connectivity index is 2.76. The second-order valence-electron chi connectivity index (χ2n) is 7.36. The average molecular weight is 254 g/mol. The SMILES string of the molecule is CCC(C)N(C)C1CC(C(C)(C)C)CCC1CN. The summed E-state index contributed by atoms with van der Waals surface area (Å²) in [5.41, 5.74) is 6.44. The lowest BCUT2D eigenvalue weighted by Gasteiger charge is -2.46. The smallest absolute Gasteiger partial charge is 0.0138 e. The Morgan fingerprint density at radius 1 is 1.28 bits per heavy atom. The highest BCUT2D eigenvalue weighted by Crippen LogP contribution is 2.41. The minimum Gasteiger partial charge on any atom is -0.330 e. The van der Waals surface area contributed by atoms with Gasteiger partial charge in [0.25, 0.3) is 0 Å². The van der Waals surface area contributed by atoms with Gasteiger partial charge in [0.05, 0.1) is 0 Å². The number of nitrogens with zero attached hydrogens (tertiary/aromatic N) is 1. The summed E-state index contributed by atoms with van der Waals surface area (Å²) in [4.78, 5) is 2.59. The van der Waals surface area contributed by atoms with E-state index < -0.39 is 0 Å². The maximum Gasteiger partial charge on any atom is 0.0138 e. The van der Waals surface area contributed by atoms with Crippen molar-refractivity contribution in [1.82, 2.24) is 4.90 Å². The lowest BCUT2D eigenvalue weighted by molar-refractivity contribution is 0.0398. The molecule has 1 rings (SSSR count). The highest BCUT2D eigenvalue weighted by molar-refractivity contribution is 4.91. The van der Waals surface area contributed by atoms with E-state index in [-0.39, 0.29) is 0 Å². The highest BCUT2D eigenvalue weighted by Gasteiger charge is 2.37. The maximum absolute atomic E-state index is 6.00. The zero-order chi connectivity index (χ0) is 13.9. The van der Waals surface area contributed by atoms with Crippen molar-refractivity contribution >= 4 is 0 Å². The van der Waals surface area contributed by atoms with E-state index in [9.17, 15) is 0 Å². The first kappa shape index (κ1) is 16.0. The molecule has 0 bridgehead atoms. The molecule has 4 atom stereocenters. The minimum absolute atomic E-state index is 0.439. The molecular formula is C16H34N2. The van der Waals surface area contributed by atoms with Crippen LogP contribution in [0.15, 0.2) is 0 Å². The standard InChI is InChI=1S/C16H34N2/c1-7-12(2)18(6)15-10-14(16(3,4)5)9-8-13(15)11-17/h12-15H,7-11,17H2,1-6H3. The summed E-state index contributed by atoms with van der Waals surface area (Å²) in [5.74, 6) is 1.54. The summed E-state index contributed by atoms with van der Waals surface area (Å²) in [6, 6.07) is 1.35. The molecule has 2 heteroatoms. The first-order valence-electron chi connectivity index (χ1n) is 7.73. The van der Waals surface area contributed by atoms with Gasteiger partial charge in [-0.15, -0.1) is 0 Å². The molecule has 0 heterocycles.